The minimum atomic E-state index is -0.861. The van der Waals surface area contributed by atoms with E-state index in [-0.39, 0.29) is 36.0 Å². The molecule has 3 rings (SSSR count). The van der Waals surface area contributed by atoms with Crippen molar-refractivity contribution in [3.05, 3.63) is 35.4 Å². The SMILES string of the molecule is COC(=O)C1CC2C(=O)CC(c3ccccc3C)CC2NC1=O. The summed E-state index contributed by atoms with van der Waals surface area (Å²) in [5.74, 6) is -1.77. The number of hydrogen-bond donors (Lipinski definition) is 1. The number of piperidine rings is 1. The zero-order valence-electron chi connectivity index (χ0n) is 13.4. The zero-order chi connectivity index (χ0) is 16.6. The Labute approximate surface area is 135 Å². The fourth-order valence-electron chi connectivity index (χ4n) is 3.90. The molecule has 23 heavy (non-hydrogen) atoms. The van der Waals surface area contributed by atoms with Crippen LogP contribution in [-0.4, -0.2) is 30.8 Å². The van der Waals surface area contributed by atoms with Crippen LogP contribution in [0.2, 0.25) is 0 Å². The molecule has 1 aliphatic heterocycles. The Morgan fingerprint density at radius 1 is 1.22 bits per heavy atom. The number of methoxy groups -OCH3 is 1. The number of nitrogens with one attached hydrogen (secondary N) is 1. The monoisotopic (exact) mass is 315 g/mol. The fourth-order valence-corrected chi connectivity index (χ4v) is 3.90. The average Bonchev–Trinajstić information content (AvgIpc) is 2.54. The van der Waals surface area contributed by atoms with Gasteiger partial charge in [-0.2, -0.15) is 0 Å². The van der Waals surface area contributed by atoms with E-state index < -0.39 is 11.9 Å². The number of benzene rings is 1. The van der Waals surface area contributed by atoms with E-state index in [1.807, 2.05) is 25.1 Å². The molecule has 0 radical (unpaired) electrons. The van der Waals surface area contributed by atoms with Crippen LogP contribution < -0.4 is 5.32 Å². The minimum Gasteiger partial charge on any atom is -0.468 e. The summed E-state index contributed by atoms with van der Waals surface area (Å²) in [6.45, 7) is 2.04. The Morgan fingerprint density at radius 3 is 2.65 bits per heavy atom. The van der Waals surface area contributed by atoms with Crippen molar-refractivity contribution >= 4 is 17.7 Å². The highest BCUT2D eigenvalue weighted by Gasteiger charge is 2.46. The van der Waals surface area contributed by atoms with Gasteiger partial charge in [-0.3, -0.25) is 14.4 Å². The van der Waals surface area contributed by atoms with Crippen molar-refractivity contribution in [3.63, 3.8) is 0 Å². The van der Waals surface area contributed by atoms with Gasteiger partial charge in [0.25, 0.3) is 0 Å². The molecule has 4 atom stereocenters. The van der Waals surface area contributed by atoms with Crippen molar-refractivity contribution < 1.29 is 19.1 Å². The number of ether oxygens (including phenoxy) is 1. The minimum absolute atomic E-state index is 0.125. The van der Waals surface area contributed by atoms with Gasteiger partial charge in [0.1, 0.15) is 11.7 Å². The standard InChI is InChI=1S/C18H21NO4/c1-10-5-3-4-6-12(10)11-7-15-13(16(20)8-11)9-14(17(21)19-15)18(22)23-2/h3-6,11,13-15H,7-9H2,1-2H3,(H,19,21). The van der Waals surface area contributed by atoms with Gasteiger partial charge in [0.05, 0.1) is 7.11 Å². The second-order valence-corrected chi connectivity index (χ2v) is 6.49. The second kappa shape index (κ2) is 6.14. The van der Waals surface area contributed by atoms with Crippen LogP contribution in [0.5, 0.6) is 0 Å². The van der Waals surface area contributed by atoms with Gasteiger partial charge in [-0.05, 0) is 36.8 Å². The number of Topliss-reactive ketones (excluding diaryl/α,β-unsaturated/α-hetero) is 1. The van der Waals surface area contributed by atoms with Gasteiger partial charge >= 0.3 is 5.97 Å². The summed E-state index contributed by atoms with van der Waals surface area (Å²) in [5.41, 5.74) is 2.34. The van der Waals surface area contributed by atoms with E-state index in [0.717, 1.165) is 6.42 Å². The number of carbonyl (C=O) groups excluding carboxylic acids is 3. The molecule has 1 saturated carbocycles. The number of hydrogen-bond acceptors (Lipinski definition) is 4. The normalized spacial score (nSPS) is 30.3. The highest BCUT2D eigenvalue weighted by molar-refractivity contribution is 6.00. The number of carbonyl (C=O) groups is 3. The maximum Gasteiger partial charge on any atom is 0.318 e. The van der Waals surface area contributed by atoms with Crippen molar-refractivity contribution in [2.75, 3.05) is 7.11 Å². The molecule has 1 saturated heterocycles. The second-order valence-electron chi connectivity index (χ2n) is 6.49. The third-order valence-corrected chi connectivity index (χ3v) is 5.13. The lowest BCUT2D eigenvalue weighted by Crippen LogP contribution is -2.56. The zero-order valence-corrected chi connectivity index (χ0v) is 13.4. The van der Waals surface area contributed by atoms with Gasteiger partial charge in [-0.15, -0.1) is 0 Å². The Balaban J connectivity index is 1.80. The lowest BCUT2D eigenvalue weighted by atomic mass is 9.69. The van der Waals surface area contributed by atoms with Crippen LogP contribution in [-0.2, 0) is 19.1 Å². The van der Waals surface area contributed by atoms with E-state index in [1.54, 1.807) is 0 Å². The van der Waals surface area contributed by atoms with Crippen LogP contribution in [0.3, 0.4) is 0 Å². The first-order valence-electron chi connectivity index (χ1n) is 7.97. The van der Waals surface area contributed by atoms with Crippen molar-refractivity contribution in [2.45, 2.75) is 38.1 Å². The van der Waals surface area contributed by atoms with Gasteiger partial charge in [0, 0.05) is 18.4 Å². The third kappa shape index (κ3) is 2.87. The summed E-state index contributed by atoms with van der Waals surface area (Å²) in [6.07, 6.45) is 1.47. The lowest BCUT2D eigenvalue weighted by molar-refractivity contribution is -0.154. The van der Waals surface area contributed by atoms with Crippen LogP contribution in [0, 0.1) is 18.8 Å². The molecule has 5 heteroatoms. The molecule has 1 aromatic rings. The first-order chi connectivity index (χ1) is 11.0. The molecular weight excluding hydrogens is 294 g/mol. The van der Waals surface area contributed by atoms with Gasteiger partial charge in [0.15, 0.2) is 0 Å². The Morgan fingerprint density at radius 2 is 1.96 bits per heavy atom. The topological polar surface area (TPSA) is 72.5 Å². The molecule has 0 spiro atoms. The van der Waals surface area contributed by atoms with Crippen molar-refractivity contribution in [3.8, 4) is 0 Å². The lowest BCUT2D eigenvalue weighted by Gasteiger charge is -2.40. The molecule has 2 aliphatic rings. The molecule has 0 aromatic heterocycles. The Kier molecular flexibility index (Phi) is 4.20. The number of rotatable bonds is 2. The predicted molar refractivity (Wildman–Crippen MR) is 83.7 cm³/mol. The van der Waals surface area contributed by atoms with Gasteiger partial charge < -0.3 is 10.1 Å². The Bertz CT molecular complexity index is 654. The molecule has 1 aliphatic carbocycles. The van der Waals surface area contributed by atoms with Crippen molar-refractivity contribution in [2.24, 2.45) is 11.8 Å². The molecule has 1 N–H and O–H groups in total. The molecule has 1 aromatic carbocycles. The van der Waals surface area contributed by atoms with Crippen molar-refractivity contribution in [1.29, 1.82) is 0 Å². The van der Waals surface area contributed by atoms with Crippen LogP contribution in [0.15, 0.2) is 24.3 Å². The molecule has 1 amide bonds. The van der Waals surface area contributed by atoms with Crippen LogP contribution in [0.25, 0.3) is 0 Å². The molecule has 1 heterocycles. The molecule has 5 nitrogen and oxygen atoms in total. The number of esters is 1. The first kappa shape index (κ1) is 15.7. The molecule has 2 fully saturated rings. The number of fused-ring (bicyclic) bond motifs is 1. The van der Waals surface area contributed by atoms with Crippen LogP contribution in [0.4, 0.5) is 0 Å². The summed E-state index contributed by atoms with van der Waals surface area (Å²) in [4.78, 5) is 36.4. The number of ketones is 1. The smallest absolute Gasteiger partial charge is 0.318 e. The largest absolute Gasteiger partial charge is 0.468 e. The Hall–Kier alpha value is -2.17. The van der Waals surface area contributed by atoms with E-state index in [1.165, 1.54) is 18.2 Å². The van der Waals surface area contributed by atoms with E-state index in [0.29, 0.717) is 6.42 Å². The summed E-state index contributed by atoms with van der Waals surface area (Å²) in [7, 11) is 1.26. The van der Waals surface area contributed by atoms with E-state index >= 15 is 0 Å². The highest BCUT2D eigenvalue weighted by atomic mass is 16.5. The first-order valence-corrected chi connectivity index (χ1v) is 7.97. The molecule has 122 valence electrons. The van der Waals surface area contributed by atoms with Gasteiger partial charge in [-0.1, -0.05) is 24.3 Å². The maximum absolute atomic E-state index is 12.6. The van der Waals surface area contributed by atoms with Gasteiger partial charge in [0.2, 0.25) is 5.91 Å². The fraction of sp³-hybridized carbons (Fsp3) is 0.500. The summed E-state index contributed by atoms with van der Waals surface area (Å²) in [5, 5.41) is 2.87. The predicted octanol–water partition coefficient (Wildman–Crippen LogP) is 1.74. The quantitative estimate of drug-likeness (QED) is 0.666. The van der Waals surface area contributed by atoms with E-state index in [2.05, 4.69) is 16.1 Å². The number of aryl methyl sites for hydroxylation is 1. The van der Waals surface area contributed by atoms with Crippen molar-refractivity contribution in [1.82, 2.24) is 5.32 Å². The molecular formula is C18H21NO4. The molecule has 0 bridgehead atoms. The maximum atomic E-state index is 12.6. The van der Waals surface area contributed by atoms with E-state index in [4.69, 9.17) is 0 Å². The summed E-state index contributed by atoms with van der Waals surface area (Å²) >= 11 is 0. The van der Waals surface area contributed by atoms with E-state index in [9.17, 15) is 14.4 Å². The van der Waals surface area contributed by atoms with Crippen LogP contribution >= 0.6 is 0 Å². The van der Waals surface area contributed by atoms with Gasteiger partial charge in [-0.25, -0.2) is 0 Å². The van der Waals surface area contributed by atoms with Crippen LogP contribution in [0.1, 0.15) is 36.3 Å². The third-order valence-electron chi connectivity index (χ3n) is 5.13. The average molecular weight is 315 g/mol. The highest BCUT2D eigenvalue weighted by Crippen LogP contribution is 2.39. The number of amides is 1. The summed E-state index contributed by atoms with van der Waals surface area (Å²) in [6, 6.07) is 7.87. The summed E-state index contributed by atoms with van der Waals surface area (Å²) < 4.78 is 4.67. The molecule has 4 unspecified atom stereocenters.